The molecule has 0 radical (unpaired) electrons. The van der Waals surface area contributed by atoms with Crippen LogP contribution in [0.1, 0.15) is 36.9 Å². The fourth-order valence-corrected chi connectivity index (χ4v) is 5.10. The highest BCUT2D eigenvalue weighted by Crippen LogP contribution is 2.38. The molecule has 1 aliphatic heterocycles. The highest BCUT2D eigenvalue weighted by Gasteiger charge is 2.41. The third-order valence-electron chi connectivity index (χ3n) is 6.59. The molecule has 1 aliphatic carbocycles. The van der Waals surface area contributed by atoms with Crippen LogP contribution >= 0.6 is 0 Å². The Balaban J connectivity index is 1.59. The molecule has 3 heterocycles. The van der Waals surface area contributed by atoms with Crippen molar-refractivity contribution in [2.75, 3.05) is 19.6 Å². The van der Waals surface area contributed by atoms with Gasteiger partial charge in [-0.25, -0.2) is 9.37 Å². The van der Waals surface area contributed by atoms with Crippen molar-refractivity contribution in [3.05, 3.63) is 41.3 Å². The van der Waals surface area contributed by atoms with Gasteiger partial charge < -0.3 is 10.4 Å². The molecule has 1 spiro atoms. The van der Waals surface area contributed by atoms with E-state index in [1.165, 1.54) is 31.7 Å². The molecule has 0 amide bonds. The Morgan fingerprint density at radius 3 is 2.86 bits per heavy atom. The van der Waals surface area contributed by atoms with Gasteiger partial charge in [-0.2, -0.15) is 5.10 Å². The van der Waals surface area contributed by atoms with Crippen LogP contribution in [-0.4, -0.2) is 50.4 Å². The van der Waals surface area contributed by atoms with E-state index < -0.39 is 5.82 Å². The Hall–Kier alpha value is -2.51. The number of H-pyrrole nitrogens is 1. The van der Waals surface area contributed by atoms with Crippen LogP contribution in [0.2, 0.25) is 0 Å². The molecule has 3 N–H and O–H groups in total. The summed E-state index contributed by atoms with van der Waals surface area (Å²) in [6.07, 6.45) is 4.99. The van der Waals surface area contributed by atoms with Gasteiger partial charge >= 0.3 is 0 Å². The van der Waals surface area contributed by atoms with Crippen LogP contribution in [0.15, 0.2) is 24.3 Å². The van der Waals surface area contributed by atoms with Gasteiger partial charge in [0, 0.05) is 54.4 Å². The normalized spacial score (nSPS) is 19.4. The first-order valence-corrected chi connectivity index (χ1v) is 10.3. The summed E-state index contributed by atoms with van der Waals surface area (Å²) in [5.41, 5.74) is 3.86. The molecule has 1 aromatic carbocycles. The lowest BCUT2D eigenvalue weighted by molar-refractivity contribution is 0.0576. The second-order valence-electron chi connectivity index (χ2n) is 8.41. The zero-order valence-corrected chi connectivity index (χ0v) is 16.6. The van der Waals surface area contributed by atoms with Crippen molar-refractivity contribution < 1.29 is 9.50 Å². The SMILES string of the molecule is Cc1[nH]nc2nc(-c3ccc(O)cc3F)cc(CN3CCNCC34CCCC4)c12. The molecule has 2 aromatic heterocycles. The number of piperazine rings is 1. The minimum Gasteiger partial charge on any atom is -0.508 e. The minimum atomic E-state index is -0.482. The Kier molecular flexibility index (Phi) is 4.52. The largest absolute Gasteiger partial charge is 0.508 e. The van der Waals surface area contributed by atoms with Gasteiger partial charge in [0.05, 0.1) is 5.69 Å². The van der Waals surface area contributed by atoms with Gasteiger partial charge in [-0.15, -0.1) is 0 Å². The number of aromatic hydroxyl groups is 1. The van der Waals surface area contributed by atoms with Gasteiger partial charge in [0.15, 0.2) is 5.65 Å². The van der Waals surface area contributed by atoms with Crippen LogP contribution in [0.3, 0.4) is 0 Å². The molecule has 5 rings (SSSR count). The molecular formula is C22H26FN5O. The number of hydrogen-bond acceptors (Lipinski definition) is 5. The monoisotopic (exact) mass is 395 g/mol. The maximum atomic E-state index is 14.5. The highest BCUT2D eigenvalue weighted by atomic mass is 19.1. The minimum absolute atomic E-state index is 0.0906. The second-order valence-corrected chi connectivity index (χ2v) is 8.41. The summed E-state index contributed by atoms with van der Waals surface area (Å²) < 4.78 is 14.5. The van der Waals surface area contributed by atoms with Crippen molar-refractivity contribution in [3.8, 4) is 17.0 Å². The third kappa shape index (κ3) is 3.18. The Bertz CT molecular complexity index is 1060. The van der Waals surface area contributed by atoms with Crippen LogP contribution in [0.5, 0.6) is 5.75 Å². The quantitative estimate of drug-likeness (QED) is 0.633. The summed E-state index contributed by atoms with van der Waals surface area (Å²) in [5.74, 6) is -0.573. The standard InChI is InChI=1S/C22H26FN5O/c1-14-20-15(12-28-9-8-24-13-22(28)6-2-3-7-22)10-19(25-21(20)27-26-14)17-5-4-16(29)11-18(17)23/h4-5,10-11,24,29H,2-3,6-9,12-13H2,1H3,(H,25,26,27). The molecule has 1 saturated carbocycles. The van der Waals surface area contributed by atoms with E-state index in [1.54, 1.807) is 6.07 Å². The van der Waals surface area contributed by atoms with Crippen molar-refractivity contribution in [3.63, 3.8) is 0 Å². The maximum Gasteiger partial charge on any atom is 0.182 e. The van der Waals surface area contributed by atoms with E-state index in [2.05, 4.69) is 25.4 Å². The molecule has 6 nitrogen and oxygen atoms in total. The summed E-state index contributed by atoms with van der Waals surface area (Å²) >= 11 is 0. The summed E-state index contributed by atoms with van der Waals surface area (Å²) in [7, 11) is 0. The number of pyridine rings is 1. The van der Waals surface area contributed by atoms with Crippen molar-refractivity contribution in [2.45, 2.75) is 44.7 Å². The van der Waals surface area contributed by atoms with Gasteiger partial charge in [-0.05, 0) is 43.5 Å². The molecule has 0 atom stereocenters. The van der Waals surface area contributed by atoms with E-state index in [1.807, 2.05) is 13.0 Å². The number of phenolic OH excluding ortho intramolecular Hbond substituents is 1. The smallest absolute Gasteiger partial charge is 0.182 e. The number of rotatable bonds is 3. The topological polar surface area (TPSA) is 77.1 Å². The van der Waals surface area contributed by atoms with Gasteiger partial charge in [0.2, 0.25) is 0 Å². The summed E-state index contributed by atoms with van der Waals surface area (Å²) in [5, 5.41) is 21.6. The van der Waals surface area contributed by atoms with Crippen molar-refractivity contribution >= 4 is 11.0 Å². The molecule has 2 fully saturated rings. The third-order valence-corrected chi connectivity index (χ3v) is 6.59. The average molecular weight is 395 g/mol. The average Bonchev–Trinajstić information content (AvgIpc) is 3.31. The van der Waals surface area contributed by atoms with E-state index in [-0.39, 0.29) is 11.3 Å². The predicted molar refractivity (Wildman–Crippen MR) is 110 cm³/mol. The number of aromatic amines is 1. The molecule has 0 bridgehead atoms. The first kappa shape index (κ1) is 18.5. The van der Waals surface area contributed by atoms with Gasteiger partial charge in [0.25, 0.3) is 0 Å². The number of aryl methyl sites for hydroxylation is 1. The molecule has 7 heteroatoms. The molecular weight excluding hydrogens is 369 g/mol. The molecule has 3 aromatic rings. The number of aromatic nitrogens is 3. The van der Waals surface area contributed by atoms with Crippen molar-refractivity contribution in [2.24, 2.45) is 0 Å². The predicted octanol–water partition coefficient (Wildman–Crippen LogP) is 3.50. The number of phenols is 1. The number of benzene rings is 1. The highest BCUT2D eigenvalue weighted by molar-refractivity contribution is 5.84. The van der Waals surface area contributed by atoms with Gasteiger partial charge in [0.1, 0.15) is 11.6 Å². The summed E-state index contributed by atoms with van der Waals surface area (Å²) in [6.45, 7) is 5.83. The fraction of sp³-hybridized carbons (Fsp3) is 0.455. The van der Waals surface area contributed by atoms with E-state index in [4.69, 9.17) is 0 Å². The molecule has 29 heavy (non-hydrogen) atoms. The molecule has 152 valence electrons. The van der Waals surface area contributed by atoms with Crippen LogP contribution in [-0.2, 0) is 6.54 Å². The van der Waals surface area contributed by atoms with Crippen LogP contribution in [0, 0.1) is 12.7 Å². The number of nitrogens with zero attached hydrogens (tertiary/aromatic N) is 3. The van der Waals surface area contributed by atoms with E-state index in [9.17, 15) is 9.50 Å². The van der Waals surface area contributed by atoms with E-state index >= 15 is 0 Å². The summed E-state index contributed by atoms with van der Waals surface area (Å²) in [6, 6.07) is 6.18. The van der Waals surface area contributed by atoms with Crippen LogP contribution < -0.4 is 5.32 Å². The number of hydrogen-bond donors (Lipinski definition) is 3. The Morgan fingerprint density at radius 2 is 2.07 bits per heavy atom. The first-order valence-electron chi connectivity index (χ1n) is 10.3. The van der Waals surface area contributed by atoms with Gasteiger partial charge in [-0.3, -0.25) is 10.00 Å². The Morgan fingerprint density at radius 1 is 1.24 bits per heavy atom. The van der Waals surface area contributed by atoms with E-state index in [0.29, 0.717) is 16.9 Å². The second kappa shape index (κ2) is 7.07. The van der Waals surface area contributed by atoms with Crippen molar-refractivity contribution in [1.82, 2.24) is 25.4 Å². The van der Waals surface area contributed by atoms with E-state index in [0.717, 1.165) is 48.9 Å². The fourth-order valence-electron chi connectivity index (χ4n) is 5.10. The van der Waals surface area contributed by atoms with Crippen molar-refractivity contribution in [1.29, 1.82) is 0 Å². The lowest BCUT2D eigenvalue weighted by atomic mass is 9.91. The molecule has 0 unspecified atom stereocenters. The number of fused-ring (bicyclic) bond motifs is 1. The zero-order valence-electron chi connectivity index (χ0n) is 16.6. The number of halogens is 1. The van der Waals surface area contributed by atoms with Crippen LogP contribution in [0.25, 0.3) is 22.3 Å². The lowest BCUT2D eigenvalue weighted by Gasteiger charge is -2.45. The van der Waals surface area contributed by atoms with Gasteiger partial charge in [-0.1, -0.05) is 12.8 Å². The lowest BCUT2D eigenvalue weighted by Crippen LogP contribution is -2.59. The zero-order chi connectivity index (χ0) is 20.0. The van der Waals surface area contributed by atoms with Crippen LogP contribution in [0.4, 0.5) is 4.39 Å². The molecule has 2 aliphatic rings. The Labute approximate surface area is 169 Å². The molecule has 1 saturated heterocycles. The number of nitrogens with one attached hydrogen (secondary N) is 2. The first-order chi connectivity index (χ1) is 14.1. The maximum absolute atomic E-state index is 14.5. The summed E-state index contributed by atoms with van der Waals surface area (Å²) in [4.78, 5) is 7.21.